The van der Waals surface area contributed by atoms with Crippen molar-refractivity contribution in [1.29, 1.82) is 0 Å². The van der Waals surface area contributed by atoms with Crippen molar-refractivity contribution < 1.29 is 4.79 Å². The molecular weight excluding hydrogens is 310 g/mol. The summed E-state index contributed by atoms with van der Waals surface area (Å²) in [6, 6.07) is 27.3. The van der Waals surface area contributed by atoms with Gasteiger partial charge in [0.2, 0.25) is 0 Å². The van der Waals surface area contributed by atoms with E-state index in [0.29, 0.717) is 5.70 Å². The van der Waals surface area contributed by atoms with Gasteiger partial charge in [-0.15, -0.1) is 5.10 Å². The lowest BCUT2D eigenvalue weighted by Gasteiger charge is -2.13. The number of rotatable bonds is 4. The van der Waals surface area contributed by atoms with E-state index >= 15 is 0 Å². The Morgan fingerprint density at radius 2 is 1.32 bits per heavy atom. The predicted octanol–water partition coefficient (Wildman–Crippen LogP) is 4.05. The van der Waals surface area contributed by atoms with Crippen LogP contribution in [-0.4, -0.2) is 21.3 Å². The molecule has 0 spiro atoms. The number of benzene rings is 3. The average molecular weight is 325 g/mol. The van der Waals surface area contributed by atoms with Gasteiger partial charge < -0.3 is 0 Å². The van der Waals surface area contributed by atoms with Gasteiger partial charge in [0.05, 0.1) is 5.52 Å². The molecule has 0 aliphatic heterocycles. The van der Waals surface area contributed by atoms with E-state index in [2.05, 4.69) is 10.3 Å². The molecule has 0 saturated heterocycles. The lowest BCUT2D eigenvalue weighted by molar-refractivity contribution is -0.103. The molecule has 1 heterocycles. The summed E-state index contributed by atoms with van der Waals surface area (Å²) in [5, 5.41) is 8.39. The Morgan fingerprint density at radius 1 is 0.760 bits per heavy atom. The molecule has 1 aromatic heterocycles. The molecule has 4 rings (SSSR count). The predicted molar refractivity (Wildman–Crippen MR) is 98.7 cm³/mol. The Labute approximate surface area is 145 Å². The number of carbonyl (C=O) groups is 1. The van der Waals surface area contributed by atoms with Crippen molar-refractivity contribution >= 4 is 28.6 Å². The van der Waals surface area contributed by atoms with Gasteiger partial charge in [0.25, 0.3) is 0 Å². The van der Waals surface area contributed by atoms with Crippen LogP contribution in [-0.2, 0) is 4.79 Å². The molecule has 0 bridgehead atoms. The molecule has 4 aromatic rings. The van der Waals surface area contributed by atoms with E-state index in [1.54, 1.807) is 4.68 Å². The van der Waals surface area contributed by atoms with Crippen LogP contribution < -0.4 is 0 Å². The first-order chi connectivity index (χ1) is 12.4. The normalized spacial score (nSPS) is 10.6. The molecule has 0 unspecified atom stereocenters. The van der Waals surface area contributed by atoms with Gasteiger partial charge in [0.15, 0.2) is 6.29 Å². The number of hydrogen-bond acceptors (Lipinski definition) is 3. The summed E-state index contributed by atoms with van der Waals surface area (Å²) < 4.78 is 1.61. The minimum atomic E-state index is 0.464. The largest absolute Gasteiger partial charge is 0.296 e. The Bertz CT molecular complexity index is 1010. The Hall–Kier alpha value is -3.53. The monoisotopic (exact) mass is 325 g/mol. The number of aldehydes is 1. The fourth-order valence-corrected chi connectivity index (χ4v) is 2.93. The number of nitrogens with zero attached hydrogens (tertiary/aromatic N) is 3. The van der Waals surface area contributed by atoms with Crippen molar-refractivity contribution in [2.75, 3.05) is 0 Å². The highest BCUT2D eigenvalue weighted by Gasteiger charge is 2.16. The van der Waals surface area contributed by atoms with Crippen molar-refractivity contribution in [3.8, 4) is 0 Å². The molecule has 0 radical (unpaired) electrons. The van der Waals surface area contributed by atoms with Crippen molar-refractivity contribution in [2.24, 2.45) is 0 Å². The van der Waals surface area contributed by atoms with Crippen LogP contribution in [0.15, 0.2) is 84.9 Å². The highest BCUT2D eigenvalue weighted by Crippen LogP contribution is 2.29. The lowest BCUT2D eigenvalue weighted by Crippen LogP contribution is -2.05. The summed E-state index contributed by atoms with van der Waals surface area (Å²) in [7, 11) is 0. The third-order valence-corrected chi connectivity index (χ3v) is 4.07. The average Bonchev–Trinajstić information content (AvgIpc) is 3.11. The molecule has 3 aromatic carbocycles. The molecule has 120 valence electrons. The zero-order valence-corrected chi connectivity index (χ0v) is 13.4. The number of carbonyl (C=O) groups excluding carboxylic acids is 1. The van der Waals surface area contributed by atoms with Gasteiger partial charge in [-0.05, 0) is 23.3 Å². The van der Waals surface area contributed by atoms with Crippen LogP contribution in [0.2, 0.25) is 0 Å². The molecule has 0 aliphatic rings. The van der Waals surface area contributed by atoms with Crippen LogP contribution in [0.3, 0.4) is 0 Å². The smallest absolute Gasteiger partial charge is 0.169 e. The fourth-order valence-electron chi connectivity index (χ4n) is 2.93. The van der Waals surface area contributed by atoms with Gasteiger partial charge in [0.1, 0.15) is 11.2 Å². The third kappa shape index (κ3) is 2.74. The van der Waals surface area contributed by atoms with Crippen LogP contribution >= 0.6 is 0 Å². The molecule has 4 nitrogen and oxygen atoms in total. The van der Waals surface area contributed by atoms with Crippen molar-refractivity contribution in [2.45, 2.75) is 0 Å². The van der Waals surface area contributed by atoms with E-state index in [0.717, 1.165) is 34.0 Å². The highest BCUT2D eigenvalue weighted by atomic mass is 16.1. The second kappa shape index (κ2) is 6.53. The van der Waals surface area contributed by atoms with Crippen LogP contribution in [0.4, 0.5) is 0 Å². The summed E-state index contributed by atoms with van der Waals surface area (Å²) in [5.74, 6) is 0. The number of fused-ring (bicyclic) bond motifs is 1. The topological polar surface area (TPSA) is 47.8 Å². The zero-order valence-electron chi connectivity index (χ0n) is 13.4. The summed E-state index contributed by atoms with van der Waals surface area (Å²) >= 11 is 0. The lowest BCUT2D eigenvalue weighted by atomic mass is 9.96. The first-order valence-corrected chi connectivity index (χ1v) is 7.99. The minimum Gasteiger partial charge on any atom is -0.296 e. The first kappa shape index (κ1) is 15.0. The summed E-state index contributed by atoms with van der Waals surface area (Å²) in [6.07, 6.45) is 0.844. The van der Waals surface area contributed by atoms with Gasteiger partial charge >= 0.3 is 0 Å². The van der Waals surface area contributed by atoms with E-state index in [1.807, 2.05) is 84.9 Å². The Morgan fingerprint density at radius 3 is 1.92 bits per heavy atom. The van der Waals surface area contributed by atoms with Gasteiger partial charge in [-0.2, -0.15) is 0 Å². The number of para-hydroxylation sites is 1. The van der Waals surface area contributed by atoms with E-state index in [1.165, 1.54) is 0 Å². The van der Waals surface area contributed by atoms with E-state index in [4.69, 9.17) is 0 Å². The summed E-state index contributed by atoms with van der Waals surface area (Å²) in [6.45, 7) is 0. The SMILES string of the molecule is O=CC(=C(c1ccccc1)c1ccccc1)n1nnc2ccccc21. The maximum atomic E-state index is 12.1. The van der Waals surface area contributed by atoms with E-state index in [-0.39, 0.29) is 0 Å². The number of aromatic nitrogens is 3. The molecule has 0 aliphatic carbocycles. The summed E-state index contributed by atoms with van der Waals surface area (Å²) in [4.78, 5) is 12.1. The maximum absolute atomic E-state index is 12.1. The van der Waals surface area contributed by atoms with Crippen molar-refractivity contribution in [1.82, 2.24) is 15.0 Å². The first-order valence-electron chi connectivity index (χ1n) is 7.99. The van der Waals surface area contributed by atoms with E-state index in [9.17, 15) is 4.79 Å². The summed E-state index contributed by atoms with van der Waals surface area (Å²) in [5.41, 5.74) is 4.75. The minimum absolute atomic E-state index is 0.464. The number of allylic oxidation sites excluding steroid dienone is 1. The van der Waals surface area contributed by atoms with Gasteiger partial charge in [0, 0.05) is 5.57 Å². The maximum Gasteiger partial charge on any atom is 0.169 e. The molecule has 25 heavy (non-hydrogen) atoms. The molecule has 0 atom stereocenters. The van der Waals surface area contributed by atoms with Crippen LogP contribution in [0, 0.1) is 0 Å². The fraction of sp³-hybridized carbons (Fsp3) is 0. The third-order valence-electron chi connectivity index (χ3n) is 4.07. The quantitative estimate of drug-likeness (QED) is 0.420. The molecule has 0 amide bonds. The van der Waals surface area contributed by atoms with E-state index < -0.39 is 0 Å². The second-order valence-electron chi connectivity index (χ2n) is 5.60. The molecule has 0 saturated carbocycles. The zero-order chi connectivity index (χ0) is 17.1. The Kier molecular flexibility index (Phi) is 3.92. The molecular formula is C21H15N3O. The van der Waals surface area contributed by atoms with Gasteiger partial charge in [-0.1, -0.05) is 78.0 Å². The van der Waals surface area contributed by atoms with Gasteiger partial charge in [-0.3, -0.25) is 4.79 Å². The van der Waals surface area contributed by atoms with Crippen molar-refractivity contribution in [3.63, 3.8) is 0 Å². The van der Waals surface area contributed by atoms with Crippen LogP contribution in [0.1, 0.15) is 11.1 Å². The number of hydrogen-bond donors (Lipinski definition) is 0. The molecule has 0 fully saturated rings. The van der Waals surface area contributed by atoms with Gasteiger partial charge in [-0.25, -0.2) is 4.68 Å². The standard InChI is InChI=1S/C21H15N3O/c25-15-20(24-19-14-8-7-13-18(19)22-23-24)21(16-9-3-1-4-10-16)17-11-5-2-6-12-17/h1-15H. The van der Waals surface area contributed by atoms with Crippen LogP contribution in [0.25, 0.3) is 22.3 Å². The molecule has 4 heteroatoms. The highest BCUT2D eigenvalue weighted by molar-refractivity contribution is 6.15. The molecule has 0 N–H and O–H groups in total. The van der Waals surface area contributed by atoms with Crippen LogP contribution in [0.5, 0.6) is 0 Å². The second-order valence-corrected chi connectivity index (χ2v) is 5.60. The van der Waals surface area contributed by atoms with Crippen molar-refractivity contribution in [3.05, 3.63) is 96.1 Å². The Balaban J connectivity index is 2.05.